The molecule has 6 heterocycles. The Morgan fingerprint density at radius 1 is 0.917 bits per heavy atom. The van der Waals surface area contributed by atoms with Crippen LogP contribution >= 0.6 is 0 Å². The van der Waals surface area contributed by atoms with Gasteiger partial charge in [-0.1, -0.05) is 0 Å². The number of imidazole rings is 1. The molecule has 0 saturated carbocycles. The van der Waals surface area contributed by atoms with Crippen molar-refractivity contribution in [2.45, 2.75) is 51.5 Å². The lowest BCUT2D eigenvalue weighted by Gasteiger charge is -2.32. The molecule has 4 aromatic heterocycles. The average molecular weight is 811 g/mol. The molecule has 60 heavy (non-hydrogen) atoms. The number of aryl methyl sites for hydroxylation is 4. The van der Waals surface area contributed by atoms with E-state index in [-0.39, 0.29) is 60.6 Å². The first kappa shape index (κ1) is 39.6. The number of nitrogen functional groups attached to an aromatic ring is 1. The molecule has 0 aliphatic carbocycles. The standard InChI is InChI=1S/C44H46N10O6/c1-26-16-32-33(46-22-31-8-5-6-13-53(31)43(32)58)21-38(26)60-15-7-9-40(56)48-39-25-52(4)41(49-39)37(55)18-27-17-35(50(2)23-27)42(57)47-30-20-36(51(3)24-30)44(59)54-14-12-28-19-29(45)10-11-34(28)54/h10-12,14,16-17,19-25,31H,5-9,13,15,18,45H2,1-4H3,(H,47,57)(H,48,56)/t31-/m0/s1. The van der Waals surface area contributed by atoms with Gasteiger partial charge in [0.05, 0.1) is 35.1 Å². The quantitative estimate of drug-likeness (QED) is 0.0783. The summed E-state index contributed by atoms with van der Waals surface area (Å²) in [5.41, 5.74) is 10.9. The first-order chi connectivity index (χ1) is 28.8. The minimum atomic E-state index is -0.412. The van der Waals surface area contributed by atoms with Crippen LogP contribution in [0.2, 0.25) is 0 Å². The van der Waals surface area contributed by atoms with Crippen molar-refractivity contribution in [3.8, 4) is 5.75 Å². The van der Waals surface area contributed by atoms with Crippen LogP contribution < -0.4 is 21.1 Å². The highest BCUT2D eigenvalue weighted by Gasteiger charge is 2.31. The van der Waals surface area contributed by atoms with Gasteiger partial charge in [-0.25, -0.2) is 4.98 Å². The van der Waals surface area contributed by atoms with Gasteiger partial charge in [-0.2, -0.15) is 0 Å². The molecule has 0 radical (unpaired) electrons. The van der Waals surface area contributed by atoms with Crippen LogP contribution in [0.25, 0.3) is 10.9 Å². The maximum absolute atomic E-state index is 13.5. The monoisotopic (exact) mass is 810 g/mol. The van der Waals surface area contributed by atoms with Crippen molar-refractivity contribution in [3.63, 3.8) is 0 Å². The summed E-state index contributed by atoms with van der Waals surface area (Å²) in [7, 11) is 5.11. The summed E-state index contributed by atoms with van der Waals surface area (Å²) in [6.07, 6.45) is 12.0. The fraction of sp³-hybridized carbons (Fsp3) is 0.295. The second-order valence-electron chi connectivity index (χ2n) is 15.5. The second-order valence-corrected chi connectivity index (χ2v) is 15.5. The number of carbonyl (C=O) groups excluding carboxylic acids is 5. The lowest BCUT2D eigenvalue weighted by atomic mass is 10.0. The highest BCUT2D eigenvalue weighted by Crippen LogP contribution is 2.34. The first-order valence-electron chi connectivity index (χ1n) is 19.9. The number of ketones is 1. The minimum Gasteiger partial charge on any atom is -0.493 e. The maximum Gasteiger partial charge on any atom is 0.279 e. The number of ether oxygens (including phenoxy) is 1. The molecule has 2 aliphatic rings. The van der Waals surface area contributed by atoms with Gasteiger partial charge in [0.2, 0.25) is 11.7 Å². The summed E-state index contributed by atoms with van der Waals surface area (Å²) in [6.45, 7) is 2.90. The molecule has 308 valence electrons. The van der Waals surface area contributed by atoms with Crippen LogP contribution in [0.5, 0.6) is 5.75 Å². The highest BCUT2D eigenvalue weighted by atomic mass is 16.5. The number of hydrogen-bond donors (Lipinski definition) is 3. The predicted octanol–water partition coefficient (Wildman–Crippen LogP) is 5.82. The number of piperidine rings is 1. The Morgan fingerprint density at radius 3 is 2.57 bits per heavy atom. The van der Waals surface area contributed by atoms with Gasteiger partial charge in [-0.05, 0) is 86.2 Å². The van der Waals surface area contributed by atoms with Crippen molar-refractivity contribution in [1.82, 2.24) is 28.2 Å². The average Bonchev–Trinajstić information content (AvgIpc) is 3.98. The molecule has 0 bridgehead atoms. The van der Waals surface area contributed by atoms with Crippen molar-refractivity contribution in [1.29, 1.82) is 0 Å². The van der Waals surface area contributed by atoms with Crippen molar-refractivity contribution in [3.05, 3.63) is 107 Å². The molecule has 16 heteroatoms. The van der Waals surface area contributed by atoms with E-state index in [1.165, 1.54) is 4.57 Å². The van der Waals surface area contributed by atoms with E-state index in [4.69, 9.17) is 10.5 Å². The van der Waals surface area contributed by atoms with Gasteiger partial charge in [0.25, 0.3) is 17.7 Å². The molecule has 1 saturated heterocycles. The smallest absolute Gasteiger partial charge is 0.279 e. The van der Waals surface area contributed by atoms with E-state index in [1.54, 1.807) is 96.0 Å². The van der Waals surface area contributed by atoms with Crippen LogP contribution in [-0.2, 0) is 32.4 Å². The van der Waals surface area contributed by atoms with Crippen LogP contribution in [-0.4, -0.2) is 83.0 Å². The second kappa shape index (κ2) is 16.2. The van der Waals surface area contributed by atoms with Gasteiger partial charge in [-0.3, -0.25) is 33.5 Å². The maximum atomic E-state index is 13.5. The van der Waals surface area contributed by atoms with E-state index in [0.29, 0.717) is 51.7 Å². The zero-order valence-electron chi connectivity index (χ0n) is 33.9. The Morgan fingerprint density at radius 2 is 1.73 bits per heavy atom. The number of rotatable bonds is 12. The molecule has 1 atom stereocenters. The van der Waals surface area contributed by atoms with Crippen LogP contribution in [0.15, 0.2) is 78.3 Å². The molecule has 3 amide bonds. The normalized spacial score (nSPS) is 14.8. The summed E-state index contributed by atoms with van der Waals surface area (Å²) < 4.78 is 12.4. The number of aromatic nitrogens is 5. The van der Waals surface area contributed by atoms with Crippen molar-refractivity contribution < 1.29 is 28.7 Å². The minimum absolute atomic E-state index is 0.00245. The Balaban J connectivity index is 0.831. The molecule has 2 aliphatic heterocycles. The van der Waals surface area contributed by atoms with Gasteiger partial charge < -0.3 is 39.7 Å². The number of nitrogens with zero attached hydrogens (tertiary/aromatic N) is 7. The molecule has 0 unspecified atom stereocenters. The summed E-state index contributed by atoms with van der Waals surface area (Å²) in [5, 5.41) is 6.47. The molecule has 16 nitrogen and oxygen atoms in total. The number of nitrogens with one attached hydrogen (secondary N) is 2. The SMILES string of the molecule is Cc1cc2c(cc1OCCCC(=O)Nc1cn(C)c(C(=O)Cc3cc(C(=O)Nc4cc(C(=O)n5ccc6cc(N)ccc65)n(C)c4)n(C)c3)n1)N=C[C@@H]1CCCCN1C2=O. The summed E-state index contributed by atoms with van der Waals surface area (Å²) in [4.78, 5) is 77.2. The zero-order chi connectivity index (χ0) is 42.2. The molecular weight excluding hydrogens is 765 g/mol. The molecule has 1 fully saturated rings. The van der Waals surface area contributed by atoms with Gasteiger partial charge in [0, 0.05) is 88.7 Å². The molecule has 2 aromatic carbocycles. The highest BCUT2D eigenvalue weighted by molar-refractivity contribution is 6.06. The van der Waals surface area contributed by atoms with Crippen LogP contribution in [0.1, 0.15) is 85.2 Å². The van der Waals surface area contributed by atoms with Crippen molar-refractivity contribution in [2.24, 2.45) is 26.1 Å². The number of fused-ring (bicyclic) bond motifs is 3. The third kappa shape index (κ3) is 7.95. The number of Topliss-reactive ketones (excluding diaryl/α,β-unsaturated/α-hetero) is 1. The van der Waals surface area contributed by atoms with Gasteiger partial charge in [-0.15, -0.1) is 0 Å². The fourth-order valence-electron chi connectivity index (χ4n) is 7.92. The number of carbonyl (C=O) groups is 5. The van der Waals surface area contributed by atoms with E-state index < -0.39 is 5.91 Å². The number of aliphatic imine (C=N–C) groups is 1. The summed E-state index contributed by atoms with van der Waals surface area (Å²) in [6, 6.07) is 14.1. The number of hydrogen-bond acceptors (Lipinski definition) is 9. The van der Waals surface area contributed by atoms with E-state index in [2.05, 4.69) is 20.6 Å². The number of anilines is 3. The zero-order valence-corrected chi connectivity index (χ0v) is 33.9. The lowest BCUT2D eigenvalue weighted by molar-refractivity contribution is -0.116. The fourth-order valence-corrected chi connectivity index (χ4v) is 7.92. The Labute approximate surface area is 345 Å². The largest absolute Gasteiger partial charge is 0.493 e. The molecule has 8 rings (SSSR count). The van der Waals surface area contributed by atoms with Crippen molar-refractivity contribution in [2.75, 3.05) is 29.5 Å². The lowest BCUT2D eigenvalue weighted by Crippen LogP contribution is -2.43. The summed E-state index contributed by atoms with van der Waals surface area (Å²) >= 11 is 0. The third-order valence-electron chi connectivity index (χ3n) is 11.0. The Bertz CT molecular complexity index is 2730. The molecular formula is C44H46N10O6. The molecule has 6 aromatic rings. The van der Waals surface area contributed by atoms with E-state index in [1.807, 2.05) is 30.2 Å². The first-order valence-corrected chi connectivity index (χ1v) is 19.9. The summed E-state index contributed by atoms with van der Waals surface area (Å²) in [5.74, 6) is -0.242. The van der Waals surface area contributed by atoms with Crippen LogP contribution in [0, 0.1) is 6.92 Å². The van der Waals surface area contributed by atoms with Crippen LogP contribution in [0.3, 0.4) is 0 Å². The van der Waals surface area contributed by atoms with Crippen molar-refractivity contribution >= 4 is 69.4 Å². The topological polar surface area (TPSA) is 193 Å². The number of nitrogens with two attached hydrogens (primary N) is 1. The van der Waals surface area contributed by atoms with Crippen LogP contribution in [0.4, 0.5) is 22.9 Å². The van der Waals surface area contributed by atoms with E-state index >= 15 is 0 Å². The molecule has 4 N–H and O–H groups in total. The number of amides is 3. The van der Waals surface area contributed by atoms with Gasteiger partial charge in [0.15, 0.2) is 11.6 Å². The van der Waals surface area contributed by atoms with Gasteiger partial charge >= 0.3 is 0 Å². The Hall–Kier alpha value is -7.23. The van der Waals surface area contributed by atoms with E-state index in [9.17, 15) is 24.0 Å². The number of benzene rings is 2. The van der Waals surface area contributed by atoms with Gasteiger partial charge in [0.1, 0.15) is 17.1 Å². The van der Waals surface area contributed by atoms with E-state index in [0.717, 1.165) is 42.3 Å². The third-order valence-corrected chi connectivity index (χ3v) is 11.0. The predicted molar refractivity (Wildman–Crippen MR) is 227 cm³/mol. The Kier molecular flexibility index (Phi) is 10.7. The molecule has 0 spiro atoms.